The molecule has 8 heteroatoms. The number of hydrogen-bond acceptors (Lipinski definition) is 6. The van der Waals surface area contributed by atoms with Crippen molar-refractivity contribution < 1.29 is 28.9 Å². The first-order chi connectivity index (χ1) is 12.8. The van der Waals surface area contributed by atoms with E-state index in [1.54, 1.807) is 30.3 Å². The summed E-state index contributed by atoms with van der Waals surface area (Å²) in [4.78, 5) is 26.8. The van der Waals surface area contributed by atoms with Gasteiger partial charge in [-0.2, -0.15) is 0 Å². The average Bonchev–Trinajstić information content (AvgIpc) is 2.67. The molecule has 0 amide bonds. The number of nitrogens with zero attached hydrogens (tertiary/aromatic N) is 1. The van der Waals surface area contributed by atoms with Crippen molar-refractivity contribution in [3.05, 3.63) is 52.5 Å². The van der Waals surface area contributed by atoms with E-state index in [4.69, 9.17) is 26.2 Å². The second-order valence-corrected chi connectivity index (χ2v) is 5.83. The van der Waals surface area contributed by atoms with Crippen LogP contribution in [0.3, 0.4) is 0 Å². The molecule has 7 nitrogen and oxygen atoms in total. The normalized spacial score (nSPS) is 11.9. The molecule has 27 heavy (non-hydrogen) atoms. The van der Waals surface area contributed by atoms with Crippen molar-refractivity contribution in [2.45, 2.75) is 13.0 Å². The van der Waals surface area contributed by atoms with Gasteiger partial charge < -0.3 is 19.3 Å². The molecular weight excluding hydrogens is 374 g/mol. The Kier molecular flexibility index (Phi) is 6.79. The zero-order valence-corrected chi connectivity index (χ0v) is 15.7. The molecule has 0 aliphatic carbocycles. The summed E-state index contributed by atoms with van der Waals surface area (Å²) in [6.07, 6.45) is 0.521. The molecule has 1 atom stereocenters. The number of benzene rings is 2. The Morgan fingerprint density at radius 1 is 1.15 bits per heavy atom. The van der Waals surface area contributed by atoms with E-state index in [0.717, 1.165) is 0 Å². The number of carboxylic acids is 1. The molecule has 0 heterocycles. The first kappa shape index (κ1) is 20.3. The van der Waals surface area contributed by atoms with Crippen LogP contribution in [0.5, 0.6) is 11.5 Å². The van der Waals surface area contributed by atoms with E-state index in [9.17, 15) is 9.59 Å². The van der Waals surface area contributed by atoms with Crippen LogP contribution < -0.4 is 9.47 Å². The third-order valence-electron chi connectivity index (χ3n) is 3.56. The van der Waals surface area contributed by atoms with Crippen LogP contribution in [-0.4, -0.2) is 43.6 Å². The van der Waals surface area contributed by atoms with E-state index in [2.05, 4.69) is 9.73 Å². The van der Waals surface area contributed by atoms with Gasteiger partial charge in [0.25, 0.3) is 0 Å². The Morgan fingerprint density at radius 3 is 2.52 bits per heavy atom. The number of esters is 1. The van der Waals surface area contributed by atoms with Gasteiger partial charge in [-0.1, -0.05) is 11.6 Å². The summed E-state index contributed by atoms with van der Waals surface area (Å²) >= 11 is 6.11. The van der Waals surface area contributed by atoms with Crippen LogP contribution in [-0.2, 0) is 9.53 Å². The van der Waals surface area contributed by atoms with Gasteiger partial charge in [0.05, 0.1) is 30.5 Å². The van der Waals surface area contributed by atoms with Crippen LogP contribution in [0.25, 0.3) is 0 Å². The minimum Gasteiger partial charge on any atom is -0.493 e. The molecule has 0 unspecified atom stereocenters. The summed E-state index contributed by atoms with van der Waals surface area (Å²) in [6, 6.07) is 9.55. The second-order valence-electron chi connectivity index (χ2n) is 5.42. The van der Waals surface area contributed by atoms with Gasteiger partial charge >= 0.3 is 11.9 Å². The average molecular weight is 392 g/mol. The fraction of sp³-hybridized carbons (Fsp3) is 0.211. The van der Waals surface area contributed by atoms with Crippen LogP contribution in [0.1, 0.15) is 22.8 Å². The Labute approximate surface area is 161 Å². The molecular formula is C19H18ClNO6. The largest absolute Gasteiger partial charge is 0.493 e. The van der Waals surface area contributed by atoms with Crippen molar-refractivity contribution in [1.82, 2.24) is 0 Å². The van der Waals surface area contributed by atoms with Gasteiger partial charge in [0, 0.05) is 6.21 Å². The summed E-state index contributed by atoms with van der Waals surface area (Å²) in [6.45, 7) is 1.42. The number of aliphatic carboxylic acids is 1. The molecule has 0 aliphatic rings. The van der Waals surface area contributed by atoms with Gasteiger partial charge in [-0.25, -0.2) is 9.59 Å². The first-order valence-corrected chi connectivity index (χ1v) is 8.23. The molecule has 0 fully saturated rings. The number of methoxy groups -OCH3 is 2. The summed E-state index contributed by atoms with van der Waals surface area (Å²) < 4.78 is 15.3. The molecule has 0 saturated carbocycles. The molecule has 0 aliphatic heterocycles. The maximum absolute atomic E-state index is 11.6. The number of aliphatic imine (C=N–C) groups is 1. The number of rotatable bonds is 7. The monoisotopic (exact) mass is 391 g/mol. The van der Waals surface area contributed by atoms with Crippen LogP contribution in [0.15, 0.2) is 41.4 Å². The molecule has 2 aromatic carbocycles. The van der Waals surface area contributed by atoms with Crippen LogP contribution in [0.4, 0.5) is 5.69 Å². The Morgan fingerprint density at radius 2 is 1.89 bits per heavy atom. The smallest absolute Gasteiger partial charge is 0.344 e. The molecule has 0 aromatic heterocycles. The highest BCUT2D eigenvalue weighted by Gasteiger charge is 2.15. The van der Waals surface area contributed by atoms with Crippen molar-refractivity contribution in [2.24, 2.45) is 4.99 Å². The number of carboxylic acid groups (broad SMARTS) is 1. The molecule has 0 bridgehead atoms. The van der Waals surface area contributed by atoms with Crippen molar-refractivity contribution in [3.63, 3.8) is 0 Å². The lowest BCUT2D eigenvalue weighted by Crippen LogP contribution is -2.23. The molecule has 2 aromatic rings. The molecule has 1 N–H and O–H groups in total. The van der Waals surface area contributed by atoms with Crippen molar-refractivity contribution in [2.75, 3.05) is 14.2 Å². The minimum atomic E-state index is -1.08. The fourth-order valence-corrected chi connectivity index (χ4v) is 2.27. The highest BCUT2D eigenvalue weighted by molar-refractivity contribution is 6.33. The number of carbonyl (C=O) groups excluding carboxylic acids is 1. The van der Waals surface area contributed by atoms with E-state index < -0.39 is 18.0 Å². The third kappa shape index (κ3) is 5.21. The van der Waals surface area contributed by atoms with Crippen molar-refractivity contribution in [3.8, 4) is 11.5 Å². The number of hydrogen-bond donors (Lipinski definition) is 1. The zero-order valence-electron chi connectivity index (χ0n) is 14.9. The summed E-state index contributed by atoms with van der Waals surface area (Å²) in [5.41, 5.74) is 1.40. The summed E-state index contributed by atoms with van der Waals surface area (Å²) in [7, 11) is 2.74. The van der Waals surface area contributed by atoms with E-state index in [1.807, 2.05) is 0 Å². The zero-order chi connectivity index (χ0) is 20.0. The second kappa shape index (κ2) is 9.05. The Bertz CT molecular complexity index is 880. The molecule has 2 rings (SSSR count). The lowest BCUT2D eigenvalue weighted by atomic mass is 10.2. The van der Waals surface area contributed by atoms with Crippen LogP contribution in [0.2, 0.25) is 5.02 Å². The summed E-state index contributed by atoms with van der Waals surface area (Å²) in [5, 5.41) is 9.32. The van der Waals surface area contributed by atoms with E-state index in [1.165, 1.54) is 33.4 Å². The lowest BCUT2D eigenvalue weighted by molar-refractivity contribution is -0.144. The predicted octanol–water partition coefficient (Wildman–Crippen LogP) is 3.74. The van der Waals surface area contributed by atoms with E-state index >= 15 is 0 Å². The SMILES string of the molecule is COC(=O)c1ccc(Cl)c(N=Cc2ccc(O[C@H](C)C(=O)O)c(OC)c2)c1. The van der Waals surface area contributed by atoms with Gasteiger partial charge in [0.1, 0.15) is 0 Å². The Balaban J connectivity index is 2.27. The summed E-state index contributed by atoms with van der Waals surface area (Å²) in [5.74, 6) is -0.904. The topological polar surface area (TPSA) is 94.4 Å². The molecule has 0 spiro atoms. The standard InChI is InChI=1S/C19H18ClNO6/c1-11(18(22)23)27-16-7-4-12(8-17(16)25-2)10-21-15-9-13(19(24)26-3)5-6-14(15)20/h4-11H,1-3H3,(H,22,23)/t11-/m1/s1. The van der Waals surface area contributed by atoms with Crippen LogP contribution in [0, 0.1) is 0 Å². The van der Waals surface area contributed by atoms with Gasteiger partial charge in [-0.3, -0.25) is 4.99 Å². The highest BCUT2D eigenvalue weighted by atomic mass is 35.5. The fourth-order valence-electron chi connectivity index (χ4n) is 2.10. The lowest BCUT2D eigenvalue weighted by Gasteiger charge is -2.14. The number of carbonyl (C=O) groups is 2. The number of halogens is 1. The molecule has 0 radical (unpaired) electrons. The van der Waals surface area contributed by atoms with Gasteiger partial charge in [0.2, 0.25) is 0 Å². The Hall–Kier alpha value is -3.06. The number of ether oxygens (including phenoxy) is 3. The van der Waals surface area contributed by atoms with E-state index in [0.29, 0.717) is 33.3 Å². The van der Waals surface area contributed by atoms with Gasteiger partial charge in [0.15, 0.2) is 17.6 Å². The molecule has 0 saturated heterocycles. The quantitative estimate of drug-likeness (QED) is 0.570. The highest BCUT2D eigenvalue weighted by Crippen LogP contribution is 2.30. The van der Waals surface area contributed by atoms with Gasteiger partial charge in [-0.05, 0) is 48.9 Å². The van der Waals surface area contributed by atoms with Crippen molar-refractivity contribution >= 4 is 35.4 Å². The van der Waals surface area contributed by atoms with Crippen molar-refractivity contribution in [1.29, 1.82) is 0 Å². The third-order valence-corrected chi connectivity index (χ3v) is 3.88. The van der Waals surface area contributed by atoms with E-state index in [-0.39, 0.29) is 0 Å². The molecule has 142 valence electrons. The maximum Gasteiger partial charge on any atom is 0.344 e. The first-order valence-electron chi connectivity index (χ1n) is 7.85. The maximum atomic E-state index is 11.6. The van der Waals surface area contributed by atoms with Crippen LogP contribution >= 0.6 is 11.6 Å². The predicted molar refractivity (Wildman–Crippen MR) is 101 cm³/mol. The van der Waals surface area contributed by atoms with Gasteiger partial charge in [-0.15, -0.1) is 0 Å². The minimum absolute atomic E-state index is 0.301.